The second-order valence-electron chi connectivity index (χ2n) is 4.61. The van der Waals surface area contributed by atoms with Crippen LogP contribution in [0, 0.1) is 0 Å². The number of alkyl halides is 3. The molecule has 0 aromatic carbocycles. The van der Waals surface area contributed by atoms with Crippen LogP contribution < -0.4 is 4.90 Å². The number of aromatic nitrogens is 2. The number of ether oxygens (including phenoxy) is 1. The summed E-state index contributed by atoms with van der Waals surface area (Å²) in [5, 5.41) is 6.84. The first-order chi connectivity index (χ1) is 9.43. The van der Waals surface area contributed by atoms with Crippen LogP contribution in [0.4, 0.5) is 14.6 Å². The van der Waals surface area contributed by atoms with Crippen molar-refractivity contribution in [1.29, 1.82) is 0 Å². The van der Waals surface area contributed by atoms with E-state index in [1.807, 2.05) is 0 Å². The van der Waals surface area contributed by atoms with Crippen LogP contribution in [0.2, 0.25) is 0 Å². The highest BCUT2D eigenvalue weighted by atomic mass is 35.5. The summed E-state index contributed by atoms with van der Waals surface area (Å²) in [5.74, 6) is -3.17. The maximum Gasteiger partial charge on any atom is 0.341 e. The number of hydrogen-bond acceptors (Lipinski definition) is 5. The molecule has 1 unspecified atom stereocenters. The number of carbonyl (C=O) groups is 1. The van der Waals surface area contributed by atoms with Crippen LogP contribution in [-0.4, -0.2) is 47.7 Å². The van der Waals surface area contributed by atoms with Crippen molar-refractivity contribution in [3.05, 3.63) is 17.8 Å². The normalized spacial score (nSPS) is 22.2. The van der Waals surface area contributed by atoms with Gasteiger partial charge in [-0.3, -0.25) is 0 Å². The molecule has 0 N–H and O–H groups in total. The summed E-state index contributed by atoms with van der Waals surface area (Å²) in [7, 11) is 1.24. The maximum absolute atomic E-state index is 13.5. The minimum absolute atomic E-state index is 0.0545. The topological polar surface area (TPSA) is 55.3 Å². The summed E-state index contributed by atoms with van der Waals surface area (Å²) < 4.78 is 31.6. The molecule has 0 spiro atoms. The highest BCUT2D eigenvalue weighted by molar-refractivity contribution is 6.21. The summed E-state index contributed by atoms with van der Waals surface area (Å²) in [5.41, 5.74) is 0.191. The zero-order valence-electron chi connectivity index (χ0n) is 10.9. The van der Waals surface area contributed by atoms with E-state index in [1.54, 1.807) is 4.90 Å². The Morgan fingerprint density at radius 2 is 2.35 bits per heavy atom. The predicted molar refractivity (Wildman–Crippen MR) is 69.4 cm³/mol. The summed E-state index contributed by atoms with van der Waals surface area (Å²) >= 11 is 5.93. The highest BCUT2D eigenvalue weighted by Gasteiger charge is 2.37. The second-order valence-corrected chi connectivity index (χ2v) is 5.23. The molecule has 0 saturated carbocycles. The van der Waals surface area contributed by atoms with Crippen molar-refractivity contribution in [3.63, 3.8) is 0 Å². The van der Waals surface area contributed by atoms with Crippen molar-refractivity contribution in [2.24, 2.45) is 0 Å². The minimum Gasteiger partial charge on any atom is -0.465 e. The molecule has 5 nitrogen and oxygen atoms in total. The van der Waals surface area contributed by atoms with E-state index in [4.69, 9.17) is 11.6 Å². The van der Waals surface area contributed by atoms with Gasteiger partial charge in [-0.05, 0) is 6.07 Å². The first-order valence-corrected chi connectivity index (χ1v) is 6.53. The van der Waals surface area contributed by atoms with E-state index in [1.165, 1.54) is 19.4 Å². The molecule has 0 bridgehead atoms. The summed E-state index contributed by atoms with van der Waals surface area (Å²) in [6.07, 6.45) is 0.618. The Kier molecular flexibility index (Phi) is 4.37. The fourth-order valence-electron chi connectivity index (χ4n) is 2.14. The third-order valence-electron chi connectivity index (χ3n) is 3.09. The van der Waals surface area contributed by atoms with Crippen LogP contribution in [0.25, 0.3) is 0 Å². The van der Waals surface area contributed by atoms with Gasteiger partial charge in [0.25, 0.3) is 5.92 Å². The average molecular weight is 306 g/mol. The zero-order valence-corrected chi connectivity index (χ0v) is 11.6. The van der Waals surface area contributed by atoms with Crippen LogP contribution in [0.5, 0.6) is 0 Å². The van der Waals surface area contributed by atoms with E-state index in [-0.39, 0.29) is 30.9 Å². The van der Waals surface area contributed by atoms with E-state index >= 15 is 0 Å². The van der Waals surface area contributed by atoms with Crippen molar-refractivity contribution in [2.75, 3.05) is 25.1 Å². The number of hydrogen-bond donors (Lipinski definition) is 0. The van der Waals surface area contributed by atoms with Gasteiger partial charge in [0.1, 0.15) is 5.56 Å². The molecule has 0 radical (unpaired) electrons. The van der Waals surface area contributed by atoms with E-state index in [9.17, 15) is 13.6 Å². The highest BCUT2D eigenvalue weighted by Crippen LogP contribution is 2.32. The first-order valence-electron chi connectivity index (χ1n) is 6.10. The van der Waals surface area contributed by atoms with Gasteiger partial charge in [-0.2, -0.15) is 5.10 Å². The van der Waals surface area contributed by atoms with Gasteiger partial charge in [0.05, 0.1) is 18.7 Å². The van der Waals surface area contributed by atoms with Gasteiger partial charge >= 0.3 is 5.97 Å². The monoisotopic (exact) mass is 305 g/mol. The largest absolute Gasteiger partial charge is 0.465 e. The molecule has 2 heterocycles. The molecule has 110 valence electrons. The third-order valence-corrected chi connectivity index (χ3v) is 3.38. The fraction of sp³-hybridized carbons (Fsp3) is 0.583. The number of halogens is 3. The van der Waals surface area contributed by atoms with Gasteiger partial charge in [0, 0.05) is 25.9 Å². The number of rotatable bonds is 2. The van der Waals surface area contributed by atoms with Crippen molar-refractivity contribution in [3.8, 4) is 0 Å². The van der Waals surface area contributed by atoms with Crippen molar-refractivity contribution in [2.45, 2.75) is 24.1 Å². The molecule has 20 heavy (non-hydrogen) atoms. The van der Waals surface area contributed by atoms with Crippen LogP contribution in [0.1, 0.15) is 23.2 Å². The van der Waals surface area contributed by atoms with Crippen LogP contribution >= 0.6 is 11.6 Å². The van der Waals surface area contributed by atoms with Crippen LogP contribution in [0.15, 0.2) is 12.3 Å². The molecule has 2 rings (SSSR count). The Hall–Kier alpha value is -1.50. The molecule has 0 amide bonds. The molecule has 1 aromatic heterocycles. The number of methoxy groups -OCH3 is 1. The number of nitrogens with zero attached hydrogens (tertiary/aromatic N) is 3. The Bertz CT molecular complexity index is 501. The molecule has 0 aliphatic carbocycles. The molecule has 8 heteroatoms. The summed E-state index contributed by atoms with van der Waals surface area (Å²) in [6.45, 7) is 0.235. The van der Waals surface area contributed by atoms with Crippen molar-refractivity contribution >= 4 is 23.4 Å². The van der Waals surface area contributed by atoms with Crippen molar-refractivity contribution < 1.29 is 18.3 Å². The lowest BCUT2D eigenvalue weighted by Gasteiger charge is -2.23. The van der Waals surface area contributed by atoms with E-state index in [0.717, 1.165) is 0 Å². The fourth-order valence-corrected chi connectivity index (χ4v) is 2.53. The summed E-state index contributed by atoms with van der Waals surface area (Å²) in [4.78, 5) is 13.2. The molecule has 1 aliphatic rings. The Balaban J connectivity index is 2.29. The smallest absolute Gasteiger partial charge is 0.341 e. The lowest BCUT2D eigenvalue weighted by molar-refractivity contribution is -0.00933. The van der Waals surface area contributed by atoms with E-state index < -0.39 is 23.7 Å². The molecule has 1 aliphatic heterocycles. The van der Waals surface area contributed by atoms with Gasteiger partial charge in [-0.15, -0.1) is 16.7 Å². The molecular formula is C12H14ClF2N3O2. The number of anilines is 1. The maximum atomic E-state index is 13.5. The van der Waals surface area contributed by atoms with E-state index in [0.29, 0.717) is 0 Å². The van der Waals surface area contributed by atoms with Gasteiger partial charge in [-0.1, -0.05) is 0 Å². The second kappa shape index (κ2) is 5.87. The molecule has 1 saturated heterocycles. The standard InChI is InChI=1S/C12H14ClF2N3O2/c1-20-11(19)9-2-4-16-17-10(9)18-5-3-12(14,15)6-8(13)7-18/h2,4,8H,3,5-7H2,1H3. The summed E-state index contributed by atoms with van der Waals surface area (Å²) in [6, 6.07) is 1.44. The third kappa shape index (κ3) is 3.33. The van der Waals surface area contributed by atoms with Gasteiger partial charge < -0.3 is 9.64 Å². The van der Waals surface area contributed by atoms with Crippen molar-refractivity contribution in [1.82, 2.24) is 10.2 Å². The lowest BCUT2D eigenvalue weighted by atomic mass is 10.1. The zero-order chi connectivity index (χ0) is 14.8. The van der Waals surface area contributed by atoms with Crippen LogP contribution in [-0.2, 0) is 4.74 Å². The number of esters is 1. The quantitative estimate of drug-likeness (QED) is 0.619. The Morgan fingerprint density at radius 3 is 3.05 bits per heavy atom. The van der Waals surface area contributed by atoms with Gasteiger partial charge in [0.15, 0.2) is 5.82 Å². The predicted octanol–water partition coefficient (Wildman–Crippen LogP) is 2.11. The minimum atomic E-state index is -2.81. The Morgan fingerprint density at radius 1 is 1.60 bits per heavy atom. The van der Waals surface area contributed by atoms with Gasteiger partial charge in [-0.25, -0.2) is 13.6 Å². The average Bonchev–Trinajstić information content (AvgIpc) is 2.55. The lowest BCUT2D eigenvalue weighted by Crippen LogP contribution is -2.31. The molecular weight excluding hydrogens is 292 g/mol. The van der Waals surface area contributed by atoms with E-state index in [2.05, 4.69) is 14.9 Å². The SMILES string of the molecule is COC(=O)c1ccnnc1N1CCC(F)(F)CC(Cl)C1. The van der Waals surface area contributed by atoms with Crippen LogP contribution in [0.3, 0.4) is 0 Å². The molecule has 1 fully saturated rings. The Labute approximate surface area is 119 Å². The molecule has 1 atom stereocenters. The first kappa shape index (κ1) is 14.9. The molecule has 1 aromatic rings. The van der Waals surface area contributed by atoms with Gasteiger partial charge in [0.2, 0.25) is 0 Å². The number of carbonyl (C=O) groups excluding carboxylic acids is 1.